The summed E-state index contributed by atoms with van der Waals surface area (Å²) >= 11 is 0. The molecule has 0 saturated heterocycles. The zero-order chi connectivity index (χ0) is 17.6. The molecule has 1 rings (SSSR count). The molecule has 1 atom stereocenters. The average molecular weight is 323 g/mol. The largest absolute Gasteiger partial charge is 0.496 e. The standard InChI is InChI=1S/C16H25N3O4/c1-6-18(12(4)11(2)3)10-16(20)17-14-8-7-13(23-5)9-15(14)19(21)22/h7-9,11-12H,6,10H2,1-5H3,(H,17,20). The monoisotopic (exact) mass is 323 g/mol. The number of hydrogen-bond donors (Lipinski definition) is 1. The topological polar surface area (TPSA) is 84.7 Å². The Morgan fingerprint density at radius 2 is 2.04 bits per heavy atom. The van der Waals surface area contributed by atoms with E-state index >= 15 is 0 Å². The number of carbonyl (C=O) groups is 1. The van der Waals surface area contributed by atoms with Gasteiger partial charge in [0.2, 0.25) is 5.91 Å². The number of nitro benzene ring substituents is 1. The number of likely N-dealkylation sites (N-methyl/N-ethyl adjacent to an activating group) is 1. The summed E-state index contributed by atoms with van der Waals surface area (Å²) in [5, 5.41) is 13.8. The molecule has 7 nitrogen and oxygen atoms in total. The third-order valence-electron chi connectivity index (χ3n) is 3.97. The lowest BCUT2D eigenvalue weighted by atomic mass is 10.0. The predicted octanol–water partition coefficient (Wildman–Crippen LogP) is 2.91. The molecular formula is C16H25N3O4. The highest BCUT2D eigenvalue weighted by atomic mass is 16.6. The lowest BCUT2D eigenvalue weighted by Gasteiger charge is -2.29. The van der Waals surface area contributed by atoms with Crippen LogP contribution in [-0.4, -0.2) is 42.0 Å². The van der Waals surface area contributed by atoms with Crippen molar-refractivity contribution in [3.8, 4) is 5.75 Å². The van der Waals surface area contributed by atoms with Gasteiger partial charge in [-0.3, -0.25) is 19.8 Å². The van der Waals surface area contributed by atoms with Gasteiger partial charge in [-0.15, -0.1) is 0 Å². The lowest BCUT2D eigenvalue weighted by molar-refractivity contribution is -0.384. The van der Waals surface area contributed by atoms with E-state index < -0.39 is 4.92 Å². The zero-order valence-corrected chi connectivity index (χ0v) is 14.3. The molecular weight excluding hydrogens is 298 g/mol. The van der Waals surface area contributed by atoms with Crippen molar-refractivity contribution >= 4 is 17.3 Å². The van der Waals surface area contributed by atoms with E-state index in [1.165, 1.54) is 19.2 Å². The Hall–Kier alpha value is -2.15. The second-order valence-corrected chi connectivity index (χ2v) is 5.74. The molecule has 1 aromatic carbocycles. The van der Waals surface area contributed by atoms with Gasteiger partial charge in [0.05, 0.1) is 24.6 Å². The number of nitro groups is 1. The summed E-state index contributed by atoms with van der Waals surface area (Å²) in [5.41, 5.74) is -0.00768. The van der Waals surface area contributed by atoms with Crippen LogP contribution in [0.25, 0.3) is 0 Å². The third-order valence-corrected chi connectivity index (χ3v) is 3.97. The molecule has 0 heterocycles. The van der Waals surface area contributed by atoms with Crippen molar-refractivity contribution < 1.29 is 14.5 Å². The normalized spacial score (nSPS) is 12.3. The Morgan fingerprint density at radius 1 is 1.39 bits per heavy atom. The number of ether oxygens (including phenoxy) is 1. The Kier molecular flexibility index (Phi) is 6.96. The summed E-state index contributed by atoms with van der Waals surface area (Å²) in [4.78, 5) is 24.9. The Balaban J connectivity index is 2.86. The second-order valence-electron chi connectivity index (χ2n) is 5.74. The van der Waals surface area contributed by atoms with Gasteiger partial charge in [0, 0.05) is 6.04 Å². The number of nitrogens with zero attached hydrogens (tertiary/aromatic N) is 2. The minimum Gasteiger partial charge on any atom is -0.496 e. The summed E-state index contributed by atoms with van der Waals surface area (Å²) in [6.45, 7) is 9.18. The summed E-state index contributed by atoms with van der Waals surface area (Å²) in [7, 11) is 1.43. The molecule has 0 radical (unpaired) electrons. The van der Waals surface area contributed by atoms with E-state index in [9.17, 15) is 14.9 Å². The van der Waals surface area contributed by atoms with Crippen molar-refractivity contribution in [3.05, 3.63) is 28.3 Å². The van der Waals surface area contributed by atoms with Crippen LogP contribution in [0.1, 0.15) is 27.7 Å². The van der Waals surface area contributed by atoms with Gasteiger partial charge >= 0.3 is 0 Å². The number of nitrogens with one attached hydrogen (secondary N) is 1. The van der Waals surface area contributed by atoms with Gasteiger partial charge in [-0.25, -0.2) is 0 Å². The molecule has 0 aliphatic carbocycles. The molecule has 0 spiro atoms. The maximum Gasteiger partial charge on any atom is 0.296 e. The fourth-order valence-electron chi connectivity index (χ4n) is 2.23. The van der Waals surface area contributed by atoms with Gasteiger partial charge in [0.1, 0.15) is 11.4 Å². The Labute approximate surface area is 136 Å². The smallest absolute Gasteiger partial charge is 0.296 e. The van der Waals surface area contributed by atoms with Crippen molar-refractivity contribution in [1.29, 1.82) is 0 Å². The summed E-state index contributed by atoms with van der Waals surface area (Å²) in [6, 6.07) is 4.61. The van der Waals surface area contributed by atoms with Crippen LogP contribution in [0.4, 0.5) is 11.4 Å². The highest BCUT2D eigenvalue weighted by Crippen LogP contribution is 2.28. The number of amides is 1. The average Bonchev–Trinajstić information content (AvgIpc) is 2.51. The van der Waals surface area contributed by atoms with E-state index in [4.69, 9.17) is 4.74 Å². The lowest BCUT2D eigenvalue weighted by Crippen LogP contribution is -2.41. The molecule has 1 amide bonds. The van der Waals surface area contributed by atoms with Crippen molar-refractivity contribution in [1.82, 2.24) is 4.90 Å². The number of benzene rings is 1. The van der Waals surface area contributed by atoms with E-state index in [1.54, 1.807) is 6.07 Å². The molecule has 23 heavy (non-hydrogen) atoms. The van der Waals surface area contributed by atoms with Crippen molar-refractivity contribution in [2.75, 3.05) is 25.5 Å². The van der Waals surface area contributed by atoms with E-state index in [0.29, 0.717) is 11.7 Å². The zero-order valence-electron chi connectivity index (χ0n) is 14.3. The highest BCUT2D eigenvalue weighted by Gasteiger charge is 2.21. The van der Waals surface area contributed by atoms with Crippen LogP contribution in [0.2, 0.25) is 0 Å². The van der Waals surface area contributed by atoms with Gasteiger partial charge in [0.15, 0.2) is 0 Å². The first-order chi connectivity index (χ1) is 10.8. The highest BCUT2D eigenvalue weighted by molar-refractivity contribution is 5.94. The molecule has 0 aromatic heterocycles. The summed E-state index contributed by atoms with van der Waals surface area (Å²) in [6.07, 6.45) is 0. The van der Waals surface area contributed by atoms with Crippen LogP contribution in [0.3, 0.4) is 0 Å². The molecule has 1 N–H and O–H groups in total. The quantitative estimate of drug-likeness (QED) is 0.587. The van der Waals surface area contributed by atoms with Crippen LogP contribution < -0.4 is 10.1 Å². The van der Waals surface area contributed by atoms with Gasteiger partial charge in [-0.1, -0.05) is 20.8 Å². The van der Waals surface area contributed by atoms with E-state index in [-0.39, 0.29) is 29.9 Å². The molecule has 0 aliphatic rings. The van der Waals surface area contributed by atoms with Gasteiger partial charge in [-0.05, 0) is 31.5 Å². The minimum absolute atomic E-state index is 0.175. The van der Waals surface area contributed by atoms with Gasteiger partial charge < -0.3 is 10.1 Å². The molecule has 7 heteroatoms. The minimum atomic E-state index is -0.535. The summed E-state index contributed by atoms with van der Waals surface area (Å²) < 4.78 is 4.98. The summed E-state index contributed by atoms with van der Waals surface area (Å²) in [5.74, 6) is 0.518. The second kappa shape index (κ2) is 8.47. The predicted molar refractivity (Wildman–Crippen MR) is 89.8 cm³/mol. The first-order valence-corrected chi connectivity index (χ1v) is 7.66. The number of carbonyl (C=O) groups excluding carboxylic acids is 1. The first-order valence-electron chi connectivity index (χ1n) is 7.66. The van der Waals surface area contributed by atoms with Crippen molar-refractivity contribution in [2.45, 2.75) is 33.7 Å². The Morgan fingerprint density at radius 3 is 2.52 bits per heavy atom. The fourth-order valence-corrected chi connectivity index (χ4v) is 2.23. The first kappa shape index (κ1) is 18.9. The maximum absolute atomic E-state index is 12.2. The maximum atomic E-state index is 12.2. The van der Waals surface area contributed by atoms with Crippen LogP contribution in [-0.2, 0) is 4.79 Å². The van der Waals surface area contributed by atoms with Crippen LogP contribution >= 0.6 is 0 Å². The van der Waals surface area contributed by atoms with E-state index in [0.717, 1.165) is 6.54 Å². The number of rotatable bonds is 8. The van der Waals surface area contributed by atoms with Crippen LogP contribution in [0, 0.1) is 16.0 Å². The van der Waals surface area contributed by atoms with E-state index in [2.05, 4.69) is 26.1 Å². The van der Waals surface area contributed by atoms with Gasteiger partial charge in [0.25, 0.3) is 5.69 Å². The van der Waals surface area contributed by atoms with Crippen molar-refractivity contribution in [3.63, 3.8) is 0 Å². The Bertz CT molecular complexity index is 560. The number of hydrogen-bond acceptors (Lipinski definition) is 5. The fraction of sp³-hybridized carbons (Fsp3) is 0.562. The molecule has 0 aliphatic heterocycles. The molecule has 0 bridgehead atoms. The number of methoxy groups -OCH3 is 1. The molecule has 0 fully saturated rings. The molecule has 0 saturated carbocycles. The van der Waals surface area contributed by atoms with Crippen LogP contribution in [0.5, 0.6) is 5.75 Å². The molecule has 128 valence electrons. The van der Waals surface area contributed by atoms with Gasteiger partial charge in [-0.2, -0.15) is 0 Å². The van der Waals surface area contributed by atoms with Crippen molar-refractivity contribution in [2.24, 2.45) is 5.92 Å². The molecule has 1 unspecified atom stereocenters. The SMILES string of the molecule is CCN(CC(=O)Nc1ccc(OC)cc1[N+](=O)[O-])C(C)C(C)C. The number of anilines is 1. The molecule has 1 aromatic rings. The van der Waals surface area contributed by atoms with Crippen LogP contribution in [0.15, 0.2) is 18.2 Å². The third kappa shape index (κ3) is 5.21. The van der Waals surface area contributed by atoms with E-state index in [1.807, 2.05) is 11.8 Å².